The Labute approximate surface area is 289 Å². The van der Waals surface area contributed by atoms with E-state index >= 15 is 4.39 Å². The summed E-state index contributed by atoms with van der Waals surface area (Å²) < 4.78 is 52.6. The molecule has 0 saturated carbocycles. The lowest BCUT2D eigenvalue weighted by molar-refractivity contribution is -0.248. The highest BCUT2D eigenvalue weighted by atomic mass is 19.1. The molecule has 2 aromatic carbocycles. The zero-order chi connectivity index (χ0) is 34.9. The Bertz CT molecular complexity index is 1870. The van der Waals surface area contributed by atoms with Crippen LogP contribution in [-0.4, -0.2) is 86.6 Å². The van der Waals surface area contributed by atoms with E-state index in [0.29, 0.717) is 5.75 Å². The Morgan fingerprint density at radius 2 is 1.64 bits per heavy atom. The normalized spacial score (nSPS) is 25.9. The predicted molar refractivity (Wildman–Crippen MR) is 184 cm³/mol. The van der Waals surface area contributed by atoms with Crippen LogP contribution in [-0.2, 0) is 16.0 Å². The van der Waals surface area contributed by atoms with E-state index in [1.165, 1.54) is 34.2 Å². The third-order valence-electron chi connectivity index (χ3n) is 10.1. The summed E-state index contributed by atoms with van der Waals surface area (Å²) in [6.45, 7) is 9.55. The first kappa shape index (κ1) is 33.7. The van der Waals surface area contributed by atoms with Gasteiger partial charge in [0, 0.05) is 43.6 Å². The van der Waals surface area contributed by atoms with Crippen LogP contribution in [0.3, 0.4) is 0 Å². The number of halogens is 2. The van der Waals surface area contributed by atoms with Gasteiger partial charge in [0.15, 0.2) is 0 Å². The molecule has 0 spiro atoms. The second-order valence-electron chi connectivity index (χ2n) is 13.3. The highest BCUT2D eigenvalue weighted by Gasteiger charge is 2.59. The molecule has 2 saturated heterocycles. The molecular weight excluding hydrogens is 646 g/mol. The Balaban J connectivity index is 0.928. The van der Waals surface area contributed by atoms with Crippen molar-refractivity contribution in [1.29, 1.82) is 0 Å². The fraction of sp³-hybridized carbons (Fsp3) is 0.444. The standard InChI is InChI=1S/C36H42F2N8O4/c1-4-26(2)45-25-41-46(34(45)47)30-7-5-28(6-8-30)42-15-17-43(18-16-42)29-9-11-31(12-10-29)48-20-32-21-49-36(50-32,22-44-24-39-23-40-44)35(3)14-13-27(37)19-33(35)38/h5-14,19,23-26,32-33H,4,15-18,20-22H2,1-3H3/t26?,32-,33?,35?,36-/m1/s1. The summed E-state index contributed by atoms with van der Waals surface area (Å²) in [4.78, 5) is 21.5. The first-order valence-corrected chi connectivity index (χ1v) is 17.0. The zero-order valence-electron chi connectivity index (χ0n) is 28.4. The molecule has 0 radical (unpaired) electrons. The van der Waals surface area contributed by atoms with Crippen molar-refractivity contribution in [2.75, 3.05) is 49.2 Å². The number of hydrogen-bond acceptors (Lipinski definition) is 9. The Morgan fingerprint density at radius 3 is 2.26 bits per heavy atom. The minimum atomic E-state index is -1.67. The lowest BCUT2D eigenvalue weighted by Crippen LogP contribution is -2.55. The van der Waals surface area contributed by atoms with Gasteiger partial charge in [0.2, 0.25) is 5.79 Å². The summed E-state index contributed by atoms with van der Waals surface area (Å²) in [6.07, 6.45) is 6.84. The highest BCUT2D eigenvalue weighted by Crippen LogP contribution is 2.49. The molecule has 264 valence electrons. The van der Waals surface area contributed by atoms with Crippen molar-refractivity contribution >= 4 is 11.4 Å². The SMILES string of the molecule is CCC(C)n1cnn(-c2ccc(N3CCN(c4ccc(OC[C@@H]5CO[C@@](Cn6cncn6)(C6(C)C=CC(F)=CC6F)O5)cc4)CC3)cc2)c1=O. The fourth-order valence-electron chi connectivity index (χ4n) is 6.72. The maximum absolute atomic E-state index is 15.4. The quantitative estimate of drug-likeness (QED) is 0.218. The van der Waals surface area contributed by atoms with Crippen LogP contribution in [0.15, 0.2) is 96.4 Å². The molecule has 5 atom stereocenters. The van der Waals surface area contributed by atoms with Gasteiger partial charge in [0.25, 0.3) is 0 Å². The van der Waals surface area contributed by atoms with E-state index in [1.54, 1.807) is 17.8 Å². The first-order valence-electron chi connectivity index (χ1n) is 17.0. The summed E-state index contributed by atoms with van der Waals surface area (Å²) in [6, 6.07) is 16.0. The molecule has 14 heteroatoms. The highest BCUT2D eigenvalue weighted by molar-refractivity contribution is 5.54. The second-order valence-corrected chi connectivity index (χ2v) is 13.3. The van der Waals surface area contributed by atoms with Gasteiger partial charge in [-0.15, -0.1) is 0 Å². The molecule has 50 heavy (non-hydrogen) atoms. The summed E-state index contributed by atoms with van der Waals surface area (Å²) in [5, 5.41) is 8.47. The van der Waals surface area contributed by atoms with E-state index in [4.69, 9.17) is 14.2 Å². The van der Waals surface area contributed by atoms with Gasteiger partial charge in [0.05, 0.1) is 24.3 Å². The monoisotopic (exact) mass is 688 g/mol. The second kappa shape index (κ2) is 13.8. The lowest BCUT2D eigenvalue weighted by Gasteiger charge is -2.44. The molecule has 7 rings (SSSR count). The number of alkyl halides is 1. The number of hydrogen-bond donors (Lipinski definition) is 0. The van der Waals surface area contributed by atoms with Gasteiger partial charge in [-0.05, 0) is 81.0 Å². The minimum Gasteiger partial charge on any atom is -0.491 e. The van der Waals surface area contributed by atoms with Crippen molar-refractivity contribution in [2.24, 2.45) is 5.41 Å². The van der Waals surface area contributed by atoms with Gasteiger partial charge in [-0.3, -0.25) is 4.57 Å². The Kier molecular flexibility index (Phi) is 9.31. The van der Waals surface area contributed by atoms with Crippen molar-refractivity contribution in [3.05, 3.63) is 102 Å². The third kappa shape index (κ3) is 6.44. The number of rotatable bonds is 11. The molecule has 0 N–H and O–H groups in total. The van der Waals surface area contributed by atoms with Crippen LogP contribution in [0.25, 0.3) is 5.69 Å². The summed E-state index contributed by atoms with van der Waals surface area (Å²) in [5.74, 6) is -1.41. The van der Waals surface area contributed by atoms with Crippen LogP contribution in [0.4, 0.5) is 20.2 Å². The molecule has 0 amide bonds. The summed E-state index contributed by atoms with van der Waals surface area (Å²) >= 11 is 0. The zero-order valence-corrected chi connectivity index (χ0v) is 28.4. The van der Waals surface area contributed by atoms with E-state index in [9.17, 15) is 9.18 Å². The molecule has 3 aliphatic rings. The van der Waals surface area contributed by atoms with E-state index in [0.717, 1.165) is 55.7 Å². The van der Waals surface area contributed by atoms with Gasteiger partial charge in [-0.1, -0.05) is 13.0 Å². The predicted octanol–water partition coefficient (Wildman–Crippen LogP) is 4.88. The Hall–Kier alpha value is -4.82. The van der Waals surface area contributed by atoms with E-state index in [2.05, 4.69) is 31.9 Å². The maximum Gasteiger partial charge on any atom is 0.350 e. The van der Waals surface area contributed by atoms with Gasteiger partial charge >= 0.3 is 5.69 Å². The maximum atomic E-state index is 15.4. The van der Waals surface area contributed by atoms with E-state index in [-0.39, 0.29) is 31.5 Å². The third-order valence-corrected chi connectivity index (χ3v) is 10.1. The molecular formula is C36H42F2N8O4. The number of ether oxygens (including phenoxy) is 3. The van der Waals surface area contributed by atoms with Gasteiger partial charge in [-0.2, -0.15) is 14.9 Å². The van der Waals surface area contributed by atoms with Crippen molar-refractivity contribution in [3.63, 3.8) is 0 Å². The summed E-state index contributed by atoms with van der Waals surface area (Å²) in [7, 11) is 0. The number of allylic oxidation sites excluding steroid dienone is 3. The molecule has 3 unspecified atom stereocenters. The molecule has 4 aromatic rings. The van der Waals surface area contributed by atoms with Crippen LogP contribution in [0, 0.1) is 5.41 Å². The van der Waals surface area contributed by atoms with Crippen molar-refractivity contribution in [3.8, 4) is 11.4 Å². The molecule has 2 fully saturated rings. The molecule has 0 bridgehead atoms. The molecule has 2 aromatic heterocycles. The summed E-state index contributed by atoms with van der Waals surface area (Å²) in [5.41, 5.74) is 1.51. The van der Waals surface area contributed by atoms with E-state index in [1.807, 2.05) is 55.5 Å². The lowest BCUT2D eigenvalue weighted by atomic mass is 9.74. The van der Waals surface area contributed by atoms with Crippen molar-refractivity contribution < 1.29 is 23.0 Å². The number of piperazine rings is 1. The largest absolute Gasteiger partial charge is 0.491 e. The topological polar surface area (TPSA) is 105 Å². The van der Waals surface area contributed by atoms with Crippen LogP contribution in [0.2, 0.25) is 0 Å². The van der Waals surface area contributed by atoms with Crippen molar-refractivity contribution in [1.82, 2.24) is 29.1 Å². The average molecular weight is 689 g/mol. The van der Waals surface area contributed by atoms with Crippen LogP contribution in [0.1, 0.15) is 33.2 Å². The van der Waals surface area contributed by atoms with Gasteiger partial charge < -0.3 is 24.0 Å². The van der Waals surface area contributed by atoms with Crippen LogP contribution >= 0.6 is 0 Å². The molecule has 4 heterocycles. The number of benzene rings is 2. The number of anilines is 2. The number of nitrogens with zero attached hydrogens (tertiary/aromatic N) is 8. The molecule has 1 aliphatic carbocycles. The van der Waals surface area contributed by atoms with E-state index < -0.39 is 29.3 Å². The molecule has 12 nitrogen and oxygen atoms in total. The smallest absolute Gasteiger partial charge is 0.350 e. The Morgan fingerprint density at radius 1 is 0.980 bits per heavy atom. The van der Waals surface area contributed by atoms with Gasteiger partial charge in [0.1, 0.15) is 49.4 Å². The average Bonchev–Trinajstić information content (AvgIpc) is 3.90. The first-order chi connectivity index (χ1) is 24.2. The molecule has 2 aliphatic heterocycles. The van der Waals surface area contributed by atoms with Crippen LogP contribution < -0.4 is 20.2 Å². The van der Waals surface area contributed by atoms with Crippen LogP contribution in [0.5, 0.6) is 5.75 Å². The minimum absolute atomic E-state index is 0.0690. The van der Waals surface area contributed by atoms with Crippen molar-refractivity contribution in [2.45, 2.75) is 57.8 Å². The van der Waals surface area contributed by atoms with Gasteiger partial charge in [-0.25, -0.2) is 23.2 Å². The number of aromatic nitrogens is 6. The fourth-order valence-corrected chi connectivity index (χ4v) is 6.72.